The van der Waals surface area contributed by atoms with Gasteiger partial charge in [0.25, 0.3) is 11.8 Å². The standard InChI is InChI=1S/C28H28ClN3O3S/c1-3-18(2)30-27(35)23-6-4-5-7-24(23)31-26(34)20-10-12-21(13-11-20)28-32(25(33)17-36-28)16-19-8-14-22(29)15-9-19/h4-15,18,28H,3,16-17H2,1-2H3,(H,30,35)(H,31,34)/t18-,28+/m0/s1. The van der Waals surface area contributed by atoms with E-state index < -0.39 is 0 Å². The van der Waals surface area contributed by atoms with E-state index in [4.69, 9.17) is 11.6 Å². The SMILES string of the molecule is CC[C@H](C)NC(=O)c1ccccc1NC(=O)c1ccc([C@H]2SCC(=O)N2Cc2ccc(Cl)cc2)cc1. The minimum Gasteiger partial charge on any atom is -0.350 e. The van der Waals surface area contributed by atoms with Gasteiger partial charge in [-0.2, -0.15) is 0 Å². The van der Waals surface area contributed by atoms with E-state index in [1.807, 2.05) is 55.1 Å². The fraction of sp³-hybridized carbons (Fsp3) is 0.250. The number of para-hydroxylation sites is 1. The van der Waals surface area contributed by atoms with E-state index in [2.05, 4.69) is 10.6 Å². The molecule has 8 heteroatoms. The molecular weight excluding hydrogens is 494 g/mol. The van der Waals surface area contributed by atoms with Crippen LogP contribution in [0.1, 0.15) is 57.5 Å². The second-order valence-electron chi connectivity index (χ2n) is 8.72. The molecule has 4 rings (SSSR count). The number of halogens is 1. The van der Waals surface area contributed by atoms with Crippen LogP contribution >= 0.6 is 23.4 Å². The lowest BCUT2D eigenvalue weighted by Gasteiger charge is -2.24. The number of carbonyl (C=O) groups is 3. The molecule has 0 aliphatic carbocycles. The van der Waals surface area contributed by atoms with Crippen LogP contribution in [0, 0.1) is 0 Å². The predicted octanol–water partition coefficient (Wildman–Crippen LogP) is 5.89. The number of amides is 3. The molecular formula is C28H28ClN3O3S. The molecule has 0 saturated carbocycles. The van der Waals surface area contributed by atoms with Crippen LogP contribution in [0.3, 0.4) is 0 Å². The lowest BCUT2D eigenvalue weighted by molar-refractivity contribution is -0.128. The molecule has 2 atom stereocenters. The van der Waals surface area contributed by atoms with Gasteiger partial charge in [-0.25, -0.2) is 0 Å². The summed E-state index contributed by atoms with van der Waals surface area (Å²) in [5.41, 5.74) is 3.30. The van der Waals surface area contributed by atoms with Crippen LogP contribution in [0.2, 0.25) is 5.02 Å². The van der Waals surface area contributed by atoms with Gasteiger partial charge in [-0.15, -0.1) is 11.8 Å². The van der Waals surface area contributed by atoms with Crippen molar-refractivity contribution in [2.45, 2.75) is 38.2 Å². The monoisotopic (exact) mass is 521 g/mol. The van der Waals surface area contributed by atoms with Crippen molar-refractivity contribution in [3.8, 4) is 0 Å². The Morgan fingerprint density at radius 1 is 1.03 bits per heavy atom. The van der Waals surface area contributed by atoms with Gasteiger partial charge in [0.1, 0.15) is 5.37 Å². The van der Waals surface area contributed by atoms with Crippen molar-refractivity contribution >= 4 is 46.8 Å². The summed E-state index contributed by atoms with van der Waals surface area (Å²) in [5.74, 6) is -0.0393. The van der Waals surface area contributed by atoms with Crippen molar-refractivity contribution in [2.24, 2.45) is 0 Å². The third kappa shape index (κ3) is 6.09. The highest BCUT2D eigenvalue weighted by Gasteiger charge is 2.32. The third-order valence-electron chi connectivity index (χ3n) is 6.10. The maximum atomic E-state index is 13.0. The molecule has 6 nitrogen and oxygen atoms in total. The van der Waals surface area contributed by atoms with Gasteiger partial charge in [0.2, 0.25) is 5.91 Å². The van der Waals surface area contributed by atoms with Gasteiger partial charge in [0.05, 0.1) is 17.0 Å². The second kappa shape index (κ2) is 11.6. The molecule has 1 aliphatic rings. The molecule has 1 aliphatic heterocycles. The number of carbonyl (C=O) groups excluding carboxylic acids is 3. The Bertz CT molecular complexity index is 1250. The molecule has 0 spiro atoms. The molecule has 0 bridgehead atoms. The zero-order valence-electron chi connectivity index (χ0n) is 20.2. The summed E-state index contributed by atoms with van der Waals surface area (Å²) in [6.07, 6.45) is 0.814. The highest BCUT2D eigenvalue weighted by molar-refractivity contribution is 8.00. The van der Waals surface area contributed by atoms with Gasteiger partial charge >= 0.3 is 0 Å². The quantitative estimate of drug-likeness (QED) is 0.387. The smallest absolute Gasteiger partial charge is 0.255 e. The van der Waals surface area contributed by atoms with Gasteiger partial charge < -0.3 is 15.5 Å². The lowest BCUT2D eigenvalue weighted by Crippen LogP contribution is -2.32. The first kappa shape index (κ1) is 25.8. The highest BCUT2D eigenvalue weighted by Crippen LogP contribution is 2.39. The Hall–Kier alpha value is -3.29. The zero-order chi connectivity index (χ0) is 25.7. The van der Waals surface area contributed by atoms with E-state index in [0.29, 0.717) is 34.1 Å². The zero-order valence-corrected chi connectivity index (χ0v) is 21.7. The number of thioether (sulfide) groups is 1. The average Bonchev–Trinajstić information content (AvgIpc) is 3.25. The molecule has 3 aromatic rings. The minimum atomic E-state index is -0.307. The van der Waals surface area contributed by atoms with E-state index in [9.17, 15) is 14.4 Å². The number of nitrogens with zero attached hydrogens (tertiary/aromatic N) is 1. The Morgan fingerprint density at radius 3 is 2.42 bits per heavy atom. The molecule has 3 amide bonds. The normalized spacial score (nSPS) is 16.0. The summed E-state index contributed by atoms with van der Waals surface area (Å²) in [6.45, 7) is 4.43. The van der Waals surface area contributed by atoms with Crippen molar-refractivity contribution in [1.82, 2.24) is 10.2 Å². The first-order valence-corrected chi connectivity index (χ1v) is 13.2. The molecule has 0 aromatic heterocycles. The Balaban J connectivity index is 1.46. The van der Waals surface area contributed by atoms with Crippen molar-refractivity contribution in [1.29, 1.82) is 0 Å². The summed E-state index contributed by atoms with van der Waals surface area (Å²) in [7, 11) is 0. The fourth-order valence-corrected chi connectivity index (χ4v) is 5.19. The van der Waals surface area contributed by atoms with Crippen LogP contribution in [0.4, 0.5) is 5.69 Å². The Kier molecular flexibility index (Phi) is 8.33. The number of hydrogen-bond acceptors (Lipinski definition) is 4. The summed E-state index contributed by atoms with van der Waals surface area (Å²) >= 11 is 7.55. The lowest BCUT2D eigenvalue weighted by atomic mass is 10.1. The van der Waals surface area contributed by atoms with Crippen LogP contribution in [-0.4, -0.2) is 34.4 Å². The maximum absolute atomic E-state index is 13.0. The summed E-state index contributed by atoms with van der Waals surface area (Å²) in [6, 6.07) is 21.7. The van der Waals surface area contributed by atoms with E-state index in [0.717, 1.165) is 17.5 Å². The third-order valence-corrected chi connectivity index (χ3v) is 7.61. The molecule has 1 fully saturated rings. The number of nitrogens with one attached hydrogen (secondary N) is 2. The van der Waals surface area contributed by atoms with E-state index >= 15 is 0 Å². The molecule has 1 saturated heterocycles. The van der Waals surface area contributed by atoms with Gasteiger partial charge in [-0.3, -0.25) is 14.4 Å². The van der Waals surface area contributed by atoms with Crippen LogP contribution in [0.15, 0.2) is 72.8 Å². The van der Waals surface area contributed by atoms with Crippen LogP contribution in [0.25, 0.3) is 0 Å². The largest absolute Gasteiger partial charge is 0.350 e. The van der Waals surface area contributed by atoms with Crippen molar-refractivity contribution < 1.29 is 14.4 Å². The average molecular weight is 522 g/mol. The molecule has 3 aromatic carbocycles. The van der Waals surface area contributed by atoms with E-state index in [1.54, 1.807) is 48.2 Å². The first-order valence-electron chi connectivity index (χ1n) is 11.8. The molecule has 1 heterocycles. The summed E-state index contributed by atoms with van der Waals surface area (Å²) in [4.78, 5) is 40.0. The number of benzene rings is 3. The topological polar surface area (TPSA) is 78.5 Å². The second-order valence-corrected chi connectivity index (χ2v) is 10.2. The van der Waals surface area contributed by atoms with E-state index in [-0.39, 0.29) is 29.1 Å². The van der Waals surface area contributed by atoms with Gasteiger partial charge in [-0.1, -0.05) is 54.9 Å². The molecule has 0 unspecified atom stereocenters. The van der Waals surface area contributed by atoms with Crippen LogP contribution in [-0.2, 0) is 11.3 Å². The Labute approximate surface area is 220 Å². The number of anilines is 1. The number of rotatable bonds is 8. The molecule has 186 valence electrons. The molecule has 0 radical (unpaired) electrons. The van der Waals surface area contributed by atoms with Gasteiger partial charge in [-0.05, 0) is 60.9 Å². The van der Waals surface area contributed by atoms with Crippen LogP contribution in [0.5, 0.6) is 0 Å². The van der Waals surface area contributed by atoms with Crippen LogP contribution < -0.4 is 10.6 Å². The predicted molar refractivity (Wildman–Crippen MR) is 145 cm³/mol. The summed E-state index contributed by atoms with van der Waals surface area (Å²) < 4.78 is 0. The van der Waals surface area contributed by atoms with E-state index in [1.165, 1.54) is 0 Å². The highest BCUT2D eigenvalue weighted by atomic mass is 35.5. The first-order chi connectivity index (χ1) is 17.4. The molecule has 2 N–H and O–H groups in total. The van der Waals surface area contributed by atoms with Gasteiger partial charge in [0, 0.05) is 23.2 Å². The fourth-order valence-electron chi connectivity index (χ4n) is 3.87. The Morgan fingerprint density at radius 2 is 1.72 bits per heavy atom. The molecule has 36 heavy (non-hydrogen) atoms. The van der Waals surface area contributed by atoms with Gasteiger partial charge in [0.15, 0.2) is 0 Å². The number of hydrogen-bond donors (Lipinski definition) is 2. The van der Waals surface area contributed by atoms with Crippen molar-refractivity contribution in [3.05, 3.63) is 100 Å². The van der Waals surface area contributed by atoms with Crippen molar-refractivity contribution in [3.63, 3.8) is 0 Å². The summed E-state index contributed by atoms with van der Waals surface area (Å²) in [5, 5.41) is 6.32. The minimum absolute atomic E-state index is 0.0356. The maximum Gasteiger partial charge on any atom is 0.255 e. The van der Waals surface area contributed by atoms with Crippen molar-refractivity contribution in [2.75, 3.05) is 11.1 Å².